The number of aryl methyl sites for hydroxylation is 1. The van der Waals surface area contributed by atoms with Gasteiger partial charge in [0.1, 0.15) is 11.4 Å². The van der Waals surface area contributed by atoms with Gasteiger partial charge in [-0.25, -0.2) is 4.79 Å². The molecule has 3 fully saturated rings. The van der Waals surface area contributed by atoms with Crippen LogP contribution in [0.2, 0.25) is 0 Å². The molecule has 2 aromatic heterocycles. The lowest BCUT2D eigenvalue weighted by Crippen LogP contribution is -2.65. The third kappa shape index (κ3) is 5.51. The second kappa shape index (κ2) is 10.3. The Morgan fingerprint density at radius 2 is 1.77 bits per heavy atom. The SMILES string of the molecule is Cn1ncc(-c2ccc3cnc(CC(=O)C4CC5(C4)CN(C(=O)OC(C)(C)C)C5)cc3c2)c1CN1CCCCC1. The number of Topliss-reactive ketones (excluding diaryl/α,β-unsaturated/α-hetero) is 1. The van der Waals surface area contributed by atoms with Crippen LogP contribution in [0.25, 0.3) is 21.9 Å². The van der Waals surface area contributed by atoms with E-state index in [1.807, 2.05) is 44.9 Å². The number of hydrogen-bond donors (Lipinski definition) is 0. The van der Waals surface area contributed by atoms with Gasteiger partial charge in [0.15, 0.2) is 0 Å². The number of amides is 1. The average Bonchev–Trinajstić information content (AvgIpc) is 3.21. The van der Waals surface area contributed by atoms with Gasteiger partial charge in [0.05, 0.1) is 11.9 Å². The summed E-state index contributed by atoms with van der Waals surface area (Å²) in [4.78, 5) is 34.3. The quantitative estimate of drug-likeness (QED) is 0.415. The molecule has 3 aromatic rings. The van der Waals surface area contributed by atoms with Crippen LogP contribution in [-0.4, -0.2) is 68.2 Å². The van der Waals surface area contributed by atoms with Crippen LogP contribution in [0.3, 0.4) is 0 Å². The number of hydrogen-bond acceptors (Lipinski definition) is 6. The number of pyridine rings is 1. The fourth-order valence-electron chi connectivity index (χ4n) is 6.68. The first-order chi connectivity index (χ1) is 19.1. The molecule has 8 nitrogen and oxygen atoms in total. The van der Waals surface area contributed by atoms with Crippen molar-refractivity contribution in [2.75, 3.05) is 26.2 Å². The molecule has 1 aliphatic carbocycles. The van der Waals surface area contributed by atoms with Crippen molar-refractivity contribution in [3.63, 3.8) is 0 Å². The Morgan fingerprint density at radius 3 is 2.50 bits per heavy atom. The van der Waals surface area contributed by atoms with Crippen LogP contribution in [0.1, 0.15) is 64.3 Å². The van der Waals surface area contributed by atoms with E-state index in [-0.39, 0.29) is 23.2 Å². The van der Waals surface area contributed by atoms with Crippen molar-refractivity contribution in [2.24, 2.45) is 18.4 Å². The predicted octanol–water partition coefficient (Wildman–Crippen LogP) is 5.38. The molecular formula is C32H41N5O3. The number of ketones is 1. The molecule has 40 heavy (non-hydrogen) atoms. The highest BCUT2D eigenvalue weighted by Gasteiger charge is 2.55. The van der Waals surface area contributed by atoms with Crippen molar-refractivity contribution in [3.8, 4) is 11.1 Å². The van der Waals surface area contributed by atoms with Crippen LogP contribution in [0.4, 0.5) is 4.79 Å². The van der Waals surface area contributed by atoms with Crippen molar-refractivity contribution in [2.45, 2.75) is 71.4 Å². The molecule has 1 amide bonds. The number of carbonyl (C=O) groups excluding carboxylic acids is 2. The standard InChI is InChI=1S/C32H41N5O3/c1-31(2,3)40-30(39)37-20-32(21-37)15-25(16-32)29(38)14-26-13-24-12-22(8-9-23(24)17-33-26)27-18-34-35(4)28(27)19-36-10-6-5-7-11-36/h8-9,12-13,17-18,25H,5-7,10-11,14-16,19-21H2,1-4H3. The minimum Gasteiger partial charge on any atom is -0.444 e. The molecule has 6 rings (SSSR count). The summed E-state index contributed by atoms with van der Waals surface area (Å²) in [5.74, 6) is 0.304. The first-order valence-electron chi connectivity index (χ1n) is 14.7. The van der Waals surface area contributed by atoms with Gasteiger partial charge in [-0.05, 0) is 82.6 Å². The molecule has 1 spiro atoms. The van der Waals surface area contributed by atoms with E-state index in [1.54, 1.807) is 4.90 Å². The summed E-state index contributed by atoms with van der Waals surface area (Å²) in [6.07, 6.45) is 9.52. The van der Waals surface area contributed by atoms with Gasteiger partial charge in [-0.3, -0.25) is 19.4 Å². The number of aromatic nitrogens is 3. The fourth-order valence-corrected chi connectivity index (χ4v) is 6.68. The molecular weight excluding hydrogens is 502 g/mol. The number of fused-ring (bicyclic) bond motifs is 1. The van der Waals surface area contributed by atoms with E-state index < -0.39 is 5.60 Å². The summed E-state index contributed by atoms with van der Waals surface area (Å²) in [5, 5.41) is 6.76. The fraction of sp³-hybridized carbons (Fsp3) is 0.562. The first-order valence-corrected chi connectivity index (χ1v) is 14.7. The van der Waals surface area contributed by atoms with E-state index >= 15 is 0 Å². The normalized spacial score (nSPS) is 19.4. The zero-order valence-corrected chi connectivity index (χ0v) is 24.3. The van der Waals surface area contributed by atoms with Gasteiger partial charge >= 0.3 is 6.09 Å². The Hall–Kier alpha value is -3.26. The van der Waals surface area contributed by atoms with E-state index in [2.05, 4.69) is 39.2 Å². The monoisotopic (exact) mass is 543 g/mol. The van der Waals surface area contributed by atoms with Crippen molar-refractivity contribution in [1.29, 1.82) is 0 Å². The summed E-state index contributed by atoms with van der Waals surface area (Å²) in [5.41, 5.74) is 3.99. The molecule has 4 heterocycles. The van der Waals surface area contributed by atoms with Gasteiger partial charge in [0, 0.05) is 67.3 Å². The van der Waals surface area contributed by atoms with Crippen LogP contribution in [-0.2, 0) is 29.5 Å². The Bertz CT molecular complexity index is 1420. The zero-order chi connectivity index (χ0) is 28.1. The minimum absolute atomic E-state index is 0.0531. The number of ether oxygens (including phenoxy) is 1. The van der Waals surface area contributed by atoms with Crippen LogP contribution < -0.4 is 0 Å². The maximum absolute atomic E-state index is 13.1. The number of likely N-dealkylation sites (tertiary alicyclic amines) is 2. The number of piperidine rings is 1. The third-order valence-electron chi connectivity index (χ3n) is 8.85. The van der Waals surface area contributed by atoms with Gasteiger partial charge < -0.3 is 9.64 Å². The van der Waals surface area contributed by atoms with E-state index in [9.17, 15) is 9.59 Å². The van der Waals surface area contributed by atoms with Gasteiger partial charge in [-0.15, -0.1) is 0 Å². The van der Waals surface area contributed by atoms with Crippen LogP contribution in [0.5, 0.6) is 0 Å². The Labute approximate surface area is 236 Å². The van der Waals surface area contributed by atoms with E-state index in [1.165, 1.54) is 30.5 Å². The summed E-state index contributed by atoms with van der Waals surface area (Å²) in [6, 6.07) is 8.54. The smallest absolute Gasteiger partial charge is 0.410 e. The Morgan fingerprint density at radius 1 is 1.02 bits per heavy atom. The molecule has 0 radical (unpaired) electrons. The van der Waals surface area contributed by atoms with Crippen LogP contribution in [0, 0.1) is 11.3 Å². The maximum atomic E-state index is 13.1. The summed E-state index contributed by atoms with van der Waals surface area (Å²) in [6.45, 7) is 10.2. The minimum atomic E-state index is -0.487. The van der Waals surface area contributed by atoms with Crippen LogP contribution in [0.15, 0.2) is 36.7 Å². The topological polar surface area (TPSA) is 80.6 Å². The van der Waals surface area contributed by atoms with E-state index in [0.29, 0.717) is 19.5 Å². The molecule has 0 N–H and O–H groups in total. The van der Waals surface area contributed by atoms with E-state index in [4.69, 9.17) is 4.74 Å². The van der Waals surface area contributed by atoms with Crippen molar-refractivity contribution < 1.29 is 14.3 Å². The summed E-state index contributed by atoms with van der Waals surface area (Å²) < 4.78 is 7.48. The van der Waals surface area contributed by atoms with Gasteiger partial charge in [-0.1, -0.05) is 18.6 Å². The highest BCUT2D eigenvalue weighted by atomic mass is 16.6. The molecule has 0 unspecified atom stereocenters. The number of carbonyl (C=O) groups is 2. The van der Waals surface area contributed by atoms with Gasteiger partial charge in [0.25, 0.3) is 0 Å². The lowest BCUT2D eigenvalue weighted by atomic mass is 9.56. The number of rotatable bonds is 6. The molecule has 0 bridgehead atoms. The second-order valence-electron chi connectivity index (χ2n) is 13.3. The lowest BCUT2D eigenvalue weighted by Gasteiger charge is -2.58. The Balaban J connectivity index is 1.09. The molecule has 2 aliphatic heterocycles. The second-order valence-corrected chi connectivity index (χ2v) is 13.3. The molecule has 1 saturated carbocycles. The lowest BCUT2D eigenvalue weighted by molar-refractivity contribution is -0.140. The average molecular weight is 544 g/mol. The summed E-state index contributed by atoms with van der Waals surface area (Å²) in [7, 11) is 2.03. The molecule has 3 aliphatic rings. The number of benzene rings is 1. The predicted molar refractivity (Wildman–Crippen MR) is 155 cm³/mol. The van der Waals surface area contributed by atoms with Gasteiger partial charge in [-0.2, -0.15) is 5.10 Å². The van der Waals surface area contributed by atoms with Crippen molar-refractivity contribution in [1.82, 2.24) is 24.6 Å². The van der Waals surface area contributed by atoms with Crippen molar-refractivity contribution >= 4 is 22.6 Å². The molecule has 2 saturated heterocycles. The molecule has 8 heteroatoms. The zero-order valence-electron chi connectivity index (χ0n) is 24.3. The highest BCUT2D eigenvalue weighted by Crippen LogP contribution is 2.52. The van der Waals surface area contributed by atoms with Crippen molar-refractivity contribution in [3.05, 3.63) is 48.0 Å². The molecule has 1 aromatic carbocycles. The molecule has 212 valence electrons. The van der Waals surface area contributed by atoms with Crippen LogP contribution >= 0.6 is 0 Å². The highest BCUT2D eigenvalue weighted by molar-refractivity contribution is 5.89. The van der Waals surface area contributed by atoms with Gasteiger partial charge in [0.2, 0.25) is 0 Å². The maximum Gasteiger partial charge on any atom is 0.410 e. The largest absolute Gasteiger partial charge is 0.444 e. The molecule has 0 atom stereocenters. The summed E-state index contributed by atoms with van der Waals surface area (Å²) >= 11 is 0. The number of nitrogens with zero attached hydrogens (tertiary/aromatic N) is 5. The Kier molecular flexibility index (Phi) is 6.93. The third-order valence-corrected chi connectivity index (χ3v) is 8.85. The first kappa shape index (κ1) is 26.9. The van der Waals surface area contributed by atoms with E-state index in [0.717, 1.165) is 54.5 Å².